The highest BCUT2D eigenvalue weighted by atomic mass is 16.5. The number of methoxy groups -OCH3 is 1. The molecule has 5 heteroatoms. The quantitative estimate of drug-likeness (QED) is 0.599. The molecular weight excluding hydrogens is 230 g/mol. The number of ether oxygens (including phenoxy) is 2. The smallest absolute Gasteiger partial charge is 0.0958 e. The number of rotatable bonds is 7. The fourth-order valence-electron chi connectivity index (χ4n) is 1.84. The van der Waals surface area contributed by atoms with Crippen LogP contribution in [0.25, 0.3) is 11.0 Å². The molecule has 5 nitrogen and oxygen atoms in total. The lowest BCUT2D eigenvalue weighted by Crippen LogP contribution is -2.05. The van der Waals surface area contributed by atoms with E-state index in [2.05, 4.69) is 9.55 Å². The summed E-state index contributed by atoms with van der Waals surface area (Å²) in [5.74, 6) is 0. The maximum Gasteiger partial charge on any atom is 0.0958 e. The Morgan fingerprint density at radius 1 is 1.28 bits per heavy atom. The Bertz CT molecular complexity index is 496. The molecule has 0 atom stereocenters. The second-order valence-electron chi connectivity index (χ2n) is 4.14. The summed E-state index contributed by atoms with van der Waals surface area (Å²) in [5.41, 5.74) is 8.52. The van der Waals surface area contributed by atoms with Crippen LogP contribution < -0.4 is 5.73 Å². The van der Waals surface area contributed by atoms with Gasteiger partial charge in [-0.15, -0.1) is 0 Å². The van der Waals surface area contributed by atoms with Crippen molar-refractivity contribution in [3.8, 4) is 0 Å². The topological polar surface area (TPSA) is 62.3 Å². The molecule has 98 valence electrons. The summed E-state index contributed by atoms with van der Waals surface area (Å²) in [5, 5.41) is 0. The first-order valence-electron chi connectivity index (χ1n) is 6.08. The van der Waals surface area contributed by atoms with Crippen LogP contribution in [0.5, 0.6) is 0 Å². The minimum absolute atomic E-state index is 0.646. The number of fused-ring (bicyclic) bond motifs is 1. The summed E-state index contributed by atoms with van der Waals surface area (Å²) < 4.78 is 12.5. The van der Waals surface area contributed by atoms with Crippen LogP contribution in [0, 0.1) is 0 Å². The van der Waals surface area contributed by atoms with E-state index in [4.69, 9.17) is 15.2 Å². The van der Waals surface area contributed by atoms with Crippen LogP contribution >= 0.6 is 0 Å². The van der Waals surface area contributed by atoms with Gasteiger partial charge < -0.3 is 19.8 Å². The van der Waals surface area contributed by atoms with Crippen molar-refractivity contribution in [3.05, 3.63) is 24.5 Å². The van der Waals surface area contributed by atoms with Gasteiger partial charge in [-0.25, -0.2) is 4.98 Å². The van der Waals surface area contributed by atoms with Gasteiger partial charge in [-0.1, -0.05) is 0 Å². The van der Waals surface area contributed by atoms with Gasteiger partial charge in [0, 0.05) is 25.9 Å². The van der Waals surface area contributed by atoms with Crippen molar-refractivity contribution in [3.63, 3.8) is 0 Å². The van der Waals surface area contributed by atoms with Crippen molar-refractivity contribution in [2.24, 2.45) is 0 Å². The van der Waals surface area contributed by atoms with Crippen LogP contribution in [0.3, 0.4) is 0 Å². The predicted octanol–water partition coefficient (Wildman–Crippen LogP) is 1.67. The zero-order valence-corrected chi connectivity index (χ0v) is 10.6. The van der Waals surface area contributed by atoms with E-state index in [-0.39, 0.29) is 0 Å². The van der Waals surface area contributed by atoms with Crippen molar-refractivity contribution in [2.45, 2.75) is 13.0 Å². The normalized spacial score (nSPS) is 11.2. The molecule has 0 amide bonds. The maximum atomic E-state index is 5.72. The van der Waals surface area contributed by atoms with Gasteiger partial charge in [-0.05, 0) is 24.6 Å². The molecule has 0 saturated heterocycles. The highest BCUT2D eigenvalue weighted by Gasteiger charge is 2.02. The van der Waals surface area contributed by atoms with Crippen LogP contribution in [-0.4, -0.2) is 36.5 Å². The molecule has 0 aliphatic rings. The Hall–Kier alpha value is -1.59. The number of aryl methyl sites for hydroxylation is 1. The van der Waals surface area contributed by atoms with E-state index >= 15 is 0 Å². The summed E-state index contributed by atoms with van der Waals surface area (Å²) in [7, 11) is 1.67. The highest BCUT2D eigenvalue weighted by Crippen LogP contribution is 2.16. The van der Waals surface area contributed by atoms with Crippen LogP contribution in [0.2, 0.25) is 0 Å². The third-order valence-electron chi connectivity index (χ3n) is 2.76. The van der Waals surface area contributed by atoms with Gasteiger partial charge in [0.1, 0.15) is 0 Å². The van der Waals surface area contributed by atoms with Crippen LogP contribution in [0.15, 0.2) is 24.5 Å². The van der Waals surface area contributed by atoms with E-state index in [0.29, 0.717) is 13.2 Å². The molecule has 0 fully saturated rings. The second kappa shape index (κ2) is 6.37. The minimum atomic E-state index is 0.646. The zero-order chi connectivity index (χ0) is 12.8. The fraction of sp³-hybridized carbons (Fsp3) is 0.462. The molecule has 0 aliphatic heterocycles. The molecule has 18 heavy (non-hydrogen) atoms. The van der Waals surface area contributed by atoms with Crippen LogP contribution in [-0.2, 0) is 16.0 Å². The molecule has 0 saturated carbocycles. The first kappa shape index (κ1) is 12.9. The second-order valence-corrected chi connectivity index (χ2v) is 4.14. The lowest BCUT2D eigenvalue weighted by atomic mass is 10.3. The van der Waals surface area contributed by atoms with Crippen molar-refractivity contribution >= 4 is 16.7 Å². The number of hydrogen-bond donors (Lipinski definition) is 1. The highest BCUT2D eigenvalue weighted by molar-refractivity contribution is 5.78. The van der Waals surface area contributed by atoms with E-state index in [1.807, 2.05) is 24.5 Å². The summed E-state index contributed by atoms with van der Waals surface area (Å²) in [6, 6.07) is 5.79. The Morgan fingerprint density at radius 2 is 2.17 bits per heavy atom. The van der Waals surface area contributed by atoms with E-state index in [1.165, 1.54) is 0 Å². The average molecular weight is 249 g/mol. The lowest BCUT2D eigenvalue weighted by molar-refractivity contribution is 0.0681. The van der Waals surface area contributed by atoms with Crippen molar-refractivity contribution in [1.29, 1.82) is 0 Å². The molecule has 0 radical (unpaired) electrons. The molecule has 2 N–H and O–H groups in total. The van der Waals surface area contributed by atoms with Crippen molar-refractivity contribution < 1.29 is 9.47 Å². The Labute approximate surface area is 107 Å². The van der Waals surface area contributed by atoms with E-state index < -0.39 is 0 Å². The number of anilines is 1. The van der Waals surface area contributed by atoms with Gasteiger partial charge >= 0.3 is 0 Å². The minimum Gasteiger partial charge on any atom is -0.399 e. The average Bonchev–Trinajstić information content (AvgIpc) is 2.76. The first-order chi connectivity index (χ1) is 8.81. The van der Waals surface area contributed by atoms with E-state index in [1.54, 1.807) is 7.11 Å². The van der Waals surface area contributed by atoms with Gasteiger partial charge in [0.25, 0.3) is 0 Å². The van der Waals surface area contributed by atoms with Crippen molar-refractivity contribution in [1.82, 2.24) is 9.55 Å². The number of benzene rings is 1. The monoisotopic (exact) mass is 249 g/mol. The standard InChI is InChI=1S/C13H19N3O2/c1-17-7-8-18-6-2-5-16-10-15-12-9-11(14)3-4-13(12)16/h3-4,9-10H,2,5-8,14H2,1H3. The number of nitrogens with two attached hydrogens (primary N) is 1. The van der Waals surface area contributed by atoms with Gasteiger partial charge in [0.2, 0.25) is 0 Å². The number of nitrogen functional groups attached to an aromatic ring is 1. The largest absolute Gasteiger partial charge is 0.399 e. The maximum absolute atomic E-state index is 5.72. The van der Waals surface area contributed by atoms with E-state index in [0.717, 1.165) is 36.3 Å². The van der Waals surface area contributed by atoms with E-state index in [9.17, 15) is 0 Å². The zero-order valence-electron chi connectivity index (χ0n) is 10.6. The lowest BCUT2D eigenvalue weighted by Gasteiger charge is -2.05. The molecule has 0 aliphatic carbocycles. The first-order valence-corrected chi connectivity index (χ1v) is 6.08. The Balaban J connectivity index is 1.84. The Morgan fingerprint density at radius 3 is 3.00 bits per heavy atom. The van der Waals surface area contributed by atoms with Crippen LogP contribution in [0.1, 0.15) is 6.42 Å². The third kappa shape index (κ3) is 3.21. The number of aromatic nitrogens is 2. The van der Waals surface area contributed by atoms with Gasteiger partial charge in [0.15, 0.2) is 0 Å². The molecule has 2 rings (SSSR count). The third-order valence-corrected chi connectivity index (χ3v) is 2.76. The molecular formula is C13H19N3O2. The summed E-state index contributed by atoms with van der Waals surface area (Å²) >= 11 is 0. The molecule has 1 aromatic carbocycles. The molecule has 0 spiro atoms. The molecule has 1 heterocycles. The Kier molecular flexibility index (Phi) is 4.55. The van der Waals surface area contributed by atoms with Gasteiger partial charge in [0.05, 0.1) is 30.6 Å². The van der Waals surface area contributed by atoms with Gasteiger partial charge in [-0.3, -0.25) is 0 Å². The number of hydrogen-bond acceptors (Lipinski definition) is 4. The van der Waals surface area contributed by atoms with Crippen molar-refractivity contribution in [2.75, 3.05) is 32.7 Å². The number of imidazole rings is 1. The van der Waals surface area contributed by atoms with Crippen LogP contribution in [0.4, 0.5) is 5.69 Å². The molecule has 0 unspecified atom stereocenters. The predicted molar refractivity (Wildman–Crippen MR) is 71.5 cm³/mol. The molecule has 0 bridgehead atoms. The summed E-state index contributed by atoms with van der Waals surface area (Å²) in [4.78, 5) is 4.33. The fourth-order valence-corrected chi connectivity index (χ4v) is 1.84. The SMILES string of the molecule is COCCOCCCn1cnc2cc(N)ccc21. The summed E-state index contributed by atoms with van der Waals surface area (Å²) in [6.07, 6.45) is 2.80. The summed E-state index contributed by atoms with van der Waals surface area (Å²) in [6.45, 7) is 2.93. The molecule has 1 aromatic heterocycles. The number of nitrogens with zero attached hydrogens (tertiary/aromatic N) is 2. The van der Waals surface area contributed by atoms with Gasteiger partial charge in [-0.2, -0.15) is 0 Å². The molecule has 2 aromatic rings.